The van der Waals surface area contributed by atoms with E-state index in [2.05, 4.69) is 36.2 Å². The molecule has 3 rings (SSSR count). The minimum atomic E-state index is 0.599. The van der Waals surface area contributed by atoms with E-state index in [1.807, 2.05) is 6.07 Å². The van der Waals surface area contributed by atoms with Crippen molar-refractivity contribution >= 4 is 17.3 Å². The molecular formula is C17H25ClN2. The first-order chi connectivity index (χ1) is 9.66. The number of nitrogens with zero attached hydrogens (tertiary/aromatic N) is 1. The molecule has 2 aliphatic rings. The largest absolute Gasteiger partial charge is 0.368 e. The smallest absolute Gasteiger partial charge is 0.0471 e. The lowest BCUT2D eigenvalue weighted by Gasteiger charge is -2.40. The van der Waals surface area contributed by atoms with Crippen LogP contribution in [0.4, 0.5) is 5.69 Å². The van der Waals surface area contributed by atoms with Crippen molar-refractivity contribution in [3.8, 4) is 0 Å². The van der Waals surface area contributed by atoms with Crippen molar-refractivity contribution in [3.05, 3.63) is 28.8 Å². The van der Waals surface area contributed by atoms with Crippen molar-refractivity contribution in [2.24, 2.45) is 5.92 Å². The van der Waals surface area contributed by atoms with Gasteiger partial charge in [-0.25, -0.2) is 0 Å². The third kappa shape index (κ3) is 2.96. The molecular weight excluding hydrogens is 268 g/mol. The monoisotopic (exact) mass is 292 g/mol. The van der Waals surface area contributed by atoms with E-state index in [0.29, 0.717) is 6.04 Å². The number of rotatable bonds is 4. The average Bonchev–Trinajstić information content (AvgIpc) is 3.25. The summed E-state index contributed by atoms with van der Waals surface area (Å²) in [7, 11) is 0. The van der Waals surface area contributed by atoms with Crippen LogP contribution in [0.15, 0.2) is 18.2 Å². The number of benzene rings is 1. The summed E-state index contributed by atoms with van der Waals surface area (Å²) in [5.74, 6) is 0.756. The highest BCUT2D eigenvalue weighted by Gasteiger charge is 2.27. The zero-order valence-corrected chi connectivity index (χ0v) is 13.3. The summed E-state index contributed by atoms with van der Waals surface area (Å²) in [6, 6.07) is 7.67. The molecule has 2 nitrogen and oxygen atoms in total. The molecule has 3 heteroatoms. The van der Waals surface area contributed by atoms with Crippen LogP contribution in [0, 0.1) is 5.92 Å². The van der Waals surface area contributed by atoms with Gasteiger partial charge in [0.2, 0.25) is 0 Å². The van der Waals surface area contributed by atoms with Gasteiger partial charge in [0.1, 0.15) is 0 Å². The molecule has 1 aromatic carbocycles. The van der Waals surface area contributed by atoms with Crippen LogP contribution in [0.1, 0.15) is 45.1 Å². The molecule has 0 radical (unpaired) electrons. The molecule has 20 heavy (non-hydrogen) atoms. The fourth-order valence-electron chi connectivity index (χ4n) is 3.20. The second-order valence-corrected chi connectivity index (χ2v) is 6.85. The lowest BCUT2D eigenvalue weighted by Crippen LogP contribution is -2.43. The zero-order chi connectivity index (χ0) is 14.1. The first-order valence-electron chi connectivity index (χ1n) is 7.94. The molecule has 1 aliphatic carbocycles. The van der Waals surface area contributed by atoms with E-state index in [0.717, 1.165) is 30.1 Å². The van der Waals surface area contributed by atoms with Crippen LogP contribution in [-0.2, 0) is 6.54 Å². The van der Waals surface area contributed by atoms with Crippen molar-refractivity contribution < 1.29 is 0 Å². The Hall–Kier alpha value is -0.730. The minimum Gasteiger partial charge on any atom is -0.368 e. The molecule has 1 saturated carbocycles. The maximum Gasteiger partial charge on any atom is 0.0471 e. The van der Waals surface area contributed by atoms with Crippen LogP contribution in [0.3, 0.4) is 0 Å². The van der Waals surface area contributed by atoms with E-state index in [1.165, 1.54) is 36.9 Å². The topological polar surface area (TPSA) is 15.3 Å². The van der Waals surface area contributed by atoms with E-state index in [1.54, 1.807) is 0 Å². The molecule has 1 saturated heterocycles. The van der Waals surface area contributed by atoms with Gasteiger partial charge in [-0.1, -0.05) is 24.6 Å². The Morgan fingerprint density at radius 2 is 2.05 bits per heavy atom. The third-order valence-electron chi connectivity index (χ3n) is 4.92. The Morgan fingerprint density at radius 1 is 1.25 bits per heavy atom. The fourth-order valence-corrected chi connectivity index (χ4v) is 3.44. The number of halogens is 1. The number of anilines is 1. The van der Waals surface area contributed by atoms with Gasteiger partial charge in [-0.3, -0.25) is 0 Å². The van der Waals surface area contributed by atoms with Gasteiger partial charge in [-0.2, -0.15) is 0 Å². The van der Waals surface area contributed by atoms with Crippen LogP contribution >= 0.6 is 11.6 Å². The summed E-state index contributed by atoms with van der Waals surface area (Å²) in [4.78, 5) is 2.56. The SMILES string of the molecule is CC1CCCN(c2cccc(Cl)c2CNC2CC2)C1C. The minimum absolute atomic E-state index is 0.599. The summed E-state index contributed by atoms with van der Waals surface area (Å²) in [6.45, 7) is 6.77. The Kier molecular flexibility index (Phi) is 4.23. The standard InChI is InChI=1S/C17H25ClN2/c1-12-5-4-10-20(13(12)2)17-7-3-6-16(18)15(17)11-19-14-8-9-14/h3,6-7,12-14,19H,4-5,8-11H2,1-2H3. The van der Waals surface area contributed by atoms with Gasteiger partial charge in [-0.05, 0) is 50.7 Å². The maximum atomic E-state index is 6.47. The molecule has 1 heterocycles. The van der Waals surface area contributed by atoms with Gasteiger partial charge in [0.05, 0.1) is 0 Å². The Morgan fingerprint density at radius 3 is 2.80 bits per heavy atom. The summed E-state index contributed by atoms with van der Waals surface area (Å²) in [5, 5.41) is 4.51. The highest BCUT2D eigenvalue weighted by Crippen LogP contribution is 2.34. The van der Waals surface area contributed by atoms with Crippen molar-refractivity contribution in [2.45, 2.75) is 58.2 Å². The summed E-state index contributed by atoms with van der Waals surface area (Å²) < 4.78 is 0. The maximum absolute atomic E-state index is 6.47. The van der Waals surface area contributed by atoms with E-state index in [-0.39, 0.29) is 0 Å². The number of hydrogen-bond acceptors (Lipinski definition) is 2. The zero-order valence-electron chi connectivity index (χ0n) is 12.5. The van der Waals surface area contributed by atoms with Gasteiger partial charge < -0.3 is 10.2 Å². The first-order valence-corrected chi connectivity index (χ1v) is 8.32. The lowest BCUT2D eigenvalue weighted by atomic mass is 9.91. The highest BCUT2D eigenvalue weighted by molar-refractivity contribution is 6.31. The molecule has 2 unspecified atom stereocenters. The lowest BCUT2D eigenvalue weighted by molar-refractivity contribution is 0.363. The quantitative estimate of drug-likeness (QED) is 0.894. The molecule has 0 amide bonds. The molecule has 0 aromatic heterocycles. The van der Waals surface area contributed by atoms with E-state index in [4.69, 9.17) is 11.6 Å². The Balaban J connectivity index is 1.84. The Bertz CT molecular complexity index is 470. The fraction of sp³-hybridized carbons (Fsp3) is 0.647. The summed E-state index contributed by atoms with van der Waals surface area (Å²) >= 11 is 6.47. The van der Waals surface area contributed by atoms with Gasteiger partial charge in [0, 0.05) is 41.4 Å². The third-order valence-corrected chi connectivity index (χ3v) is 5.28. The molecule has 2 atom stereocenters. The molecule has 1 aliphatic heterocycles. The Labute approximate surface area is 127 Å². The second-order valence-electron chi connectivity index (χ2n) is 6.45. The predicted molar refractivity (Wildman–Crippen MR) is 86.5 cm³/mol. The van der Waals surface area contributed by atoms with Crippen LogP contribution < -0.4 is 10.2 Å². The molecule has 0 spiro atoms. The van der Waals surface area contributed by atoms with Gasteiger partial charge in [0.15, 0.2) is 0 Å². The van der Waals surface area contributed by atoms with Gasteiger partial charge in [-0.15, -0.1) is 0 Å². The normalized spacial score (nSPS) is 26.9. The van der Waals surface area contributed by atoms with E-state index in [9.17, 15) is 0 Å². The van der Waals surface area contributed by atoms with Gasteiger partial charge >= 0.3 is 0 Å². The van der Waals surface area contributed by atoms with Gasteiger partial charge in [0.25, 0.3) is 0 Å². The number of hydrogen-bond donors (Lipinski definition) is 1. The number of nitrogens with one attached hydrogen (secondary N) is 1. The van der Waals surface area contributed by atoms with Crippen LogP contribution in [0.2, 0.25) is 5.02 Å². The summed E-state index contributed by atoms with van der Waals surface area (Å²) in [6.07, 6.45) is 5.26. The van der Waals surface area contributed by atoms with Crippen LogP contribution in [0.25, 0.3) is 0 Å². The average molecular weight is 293 g/mol. The van der Waals surface area contributed by atoms with Crippen molar-refractivity contribution in [1.82, 2.24) is 5.32 Å². The molecule has 110 valence electrons. The number of piperidine rings is 1. The molecule has 2 fully saturated rings. The van der Waals surface area contributed by atoms with E-state index >= 15 is 0 Å². The van der Waals surface area contributed by atoms with E-state index < -0.39 is 0 Å². The van der Waals surface area contributed by atoms with Crippen LogP contribution in [-0.4, -0.2) is 18.6 Å². The van der Waals surface area contributed by atoms with Crippen molar-refractivity contribution in [3.63, 3.8) is 0 Å². The van der Waals surface area contributed by atoms with Crippen molar-refractivity contribution in [2.75, 3.05) is 11.4 Å². The highest BCUT2D eigenvalue weighted by atomic mass is 35.5. The van der Waals surface area contributed by atoms with Crippen LogP contribution in [0.5, 0.6) is 0 Å². The second kappa shape index (κ2) is 5.95. The first kappa shape index (κ1) is 14.2. The summed E-state index contributed by atoms with van der Waals surface area (Å²) in [5.41, 5.74) is 2.62. The molecule has 1 N–H and O–H groups in total. The predicted octanol–water partition coefficient (Wildman–Crippen LogP) is 4.22. The molecule has 1 aromatic rings. The van der Waals surface area contributed by atoms with Crippen molar-refractivity contribution in [1.29, 1.82) is 0 Å². The molecule has 0 bridgehead atoms.